The summed E-state index contributed by atoms with van der Waals surface area (Å²) in [6.07, 6.45) is 4.52. The van der Waals surface area contributed by atoms with Gasteiger partial charge in [-0.15, -0.1) is 5.16 Å². The molecule has 0 radical (unpaired) electrons. The van der Waals surface area contributed by atoms with Crippen molar-refractivity contribution in [2.75, 3.05) is 7.05 Å². The van der Waals surface area contributed by atoms with E-state index in [0.29, 0.717) is 12.1 Å². The predicted octanol–water partition coefficient (Wildman–Crippen LogP) is 3.16. The lowest BCUT2D eigenvalue weighted by molar-refractivity contribution is 0.316. The Bertz CT molecular complexity index is 1030. The second kappa shape index (κ2) is 8.63. The maximum atomic E-state index is 9.98. The topological polar surface area (TPSA) is 48.6 Å². The summed E-state index contributed by atoms with van der Waals surface area (Å²) in [6, 6.07) is 33.4. The van der Waals surface area contributed by atoms with Crippen LogP contribution in [0.1, 0.15) is 13.3 Å². The van der Waals surface area contributed by atoms with E-state index in [-0.39, 0.29) is 0 Å². The van der Waals surface area contributed by atoms with Crippen molar-refractivity contribution in [3.05, 3.63) is 103 Å². The summed E-state index contributed by atoms with van der Waals surface area (Å²) in [5.41, 5.74) is -0.160. The third-order valence-electron chi connectivity index (χ3n) is 5.99. The summed E-state index contributed by atoms with van der Waals surface area (Å²) in [5, 5.41) is 18.0. The highest BCUT2D eigenvalue weighted by Gasteiger charge is 2.46. The Hall–Kier alpha value is -3.62. The van der Waals surface area contributed by atoms with Crippen LogP contribution in [0.4, 0.5) is 0 Å². The summed E-state index contributed by atoms with van der Waals surface area (Å²) >= 11 is 0. The zero-order valence-corrected chi connectivity index (χ0v) is 18.8. The Morgan fingerprint density at radius 2 is 1.35 bits per heavy atom. The average molecular weight is 424 g/mol. The third-order valence-corrected chi connectivity index (χ3v) is 9.79. The Kier molecular flexibility index (Phi) is 5.74. The lowest BCUT2D eigenvalue weighted by atomic mass is 9.93. The first-order chi connectivity index (χ1) is 15.1. The third kappa shape index (κ3) is 3.56. The molecular formula is C26H25N3OSi. The summed E-state index contributed by atoms with van der Waals surface area (Å²) in [4.78, 5) is 1.91. The molecule has 154 valence electrons. The fourth-order valence-corrected chi connectivity index (χ4v) is 7.73. The van der Waals surface area contributed by atoms with Gasteiger partial charge in [-0.2, -0.15) is 5.26 Å². The fourth-order valence-electron chi connectivity index (χ4n) is 4.15. The molecule has 3 aromatic rings. The van der Waals surface area contributed by atoms with Gasteiger partial charge in [-0.1, -0.05) is 97.1 Å². The number of nitriles is 1. The molecule has 0 aliphatic carbocycles. The number of hydrogen-bond acceptors (Lipinski definition) is 4. The van der Waals surface area contributed by atoms with Gasteiger partial charge >= 0.3 is 8.32 Å². The van der Waals surface area contributed by atoms with Crippen LogP contribution in [0.3, 0.4) is 0 Å². The van der Waals surface area contributed by atoms with Crippen molar-refractivity contribution in [2.24, 2.45) is 5.16 Å². The van der Waals surface area contributed by atoms with Crippen molar-refractivity contribution >= 4 is 29.6 Å². The molecular weight excluding hydrogens is 398 g/mol. The van der Waals surface area contributed by atoms with Crippen LogP contribution in [0.15, 0.2) is 108 Å². The maximum Gasteiger partial charge on any atom is 0.380 e. The van der Waals surface area contributed by atoms with E-state index in [1.165, 1.54) is 0 Å². The van der Waals surface area contributed by atoms with Gasteiger partial charge in [-0.05, 0) is 28.7 Å². The first-order valence-corrected chi connectivity index (χ1v) is 12.2. The molecule has 4 rings (SSSR count). The van der Waals surface area contributed by atoms with Crippen LogP contribution in [-0.4, -0.2) is 31.5 Å². The van der Waals surface area contributed by atoms with Gasteiger partial charge in [0.2, 0.25) is 0 Å². The Labute approximate surface area is 184 Å². The van der Waals surface area contributed by atoms with Crippen molar-refractivity contribution in [3.63, 3.8) is 0 Å². The van der Waals surface area contributed by atoms with E-state index < -0.39 is 13.9 Å². The monoisotopic (exact) mass is 423 g/mol. The van der Waals surface area contributed by atoms with Crippen LogP contribution in [0, 0.1) is 11.3 Å². The van der Waals surface area contributed by atoms with E-state index in [1.54, 1.807) is 0 Å². The molecule has 4 nitrogen and oxygen atoms in total. The number of oxime groups is 1. The average Bonchev–Trinajstić information content (AvgIpc) is 3.23. The second-order valence-electron chi connectivity index (χ2n) is 7.72. The SMILES string of the molecule is C/C(=N\O[Si](c1ccccc1)(c1ccccc1)c1ccccc1)C1(C#N)CC=CN1C. The van der Waals surface area contributed by atoms with Crippen molar-refractivity contribution < 1.29 is 4.53 Å². The summed E-state index contributed by atoms with van der Waals surface area (Å²) in [7, 11) is -1.04. The van der Waals surface area contributed by atoms with Crippen LogP contribution in [0.25, 0.3) is 0 Å². The molecule has 0 saturated carbocycles. The highest BCUT2D eigenvalue weighted by molar-refractivity contribution is 7.07. The minimum atomic E-state index is -2.94. The molecule has 1 heterocycles. The van der Waals surface area contributed by atoms with E-state index in [1.807, 2.05) is 85.7 Å². The molecule has 31 heavy (non-hydrogen) atoms. The number of rotatable bonds is 6. The van der Waals surface area contributed by atoms with Gasteiger partial charge in [-0.3, -0.25) is 0 Å². The minimum Gasteiger partial charge on any atom is -0.438 e. The maximum absolute atomic E-state index is 9.98. The Balaban J connectivity index is 1.90. The van der Waals surface area contributed by atoms with E-state index in [9.17, 15) is 5.26 Å². The van der Waals surface area contributed by atoms with Gasteiger partial charge in [0.25, 0.3) is 0 Å². The zero-order chi connectivity index (χ0) is 21.7. The van der Waals surface area contributed by atoms with Gasteiger partial charge in [-0.25, -0.2) is 0 Å². The summed E-state index contributed by atoms with van der Waals surface area (Å²) in [5.74, 6) is 0. The molecule has 1 aliphatic rings. The van der Waals surface area contributed by atoms with Crippen molar-refractivity contribution in [1.82, 2.24) is 4.90 Å². The molecule has 0 saturated heterocycles. The van der Waals surface area contributed by atoms with Gasteiger partial charge < -0.3 is 9.43 Å². The molecule has 5 heteroatoms. The Morgan fingerprint density at radius 1 is 0.903 bits per heavy atom. The summed E-state index contributed by atoms with van der Waals surface area (Å²) < 4.78 is 6.66. The molecule has 0 N–H and O–H groups in total. The second-order valence-corrected chi connectivity index (χ2v) is 11.0. The van der Waals surface area contributed by atoms with Crippen molar-refractivity contribution in [2.45, 2.75) is 18.9 Å². The molecule has 0 aromatic heterocycles. The van der Waals surface area contributed by atoms with Gasteiger partial charge in [0.05, 0.1) is 11.8 Å². The van der Waals surface area contributed by atoms with E-state index >= 15 is 0 Å². The fraction of sp³-hybridized carbons (Fsp3) is 0.154. The molecule has 1 atom stereocenters. The van der Waals surface area contributed by atoms with Crippen LogP contribution >= 0.6 is 0 Å². The molecule has 0 amide bonds. The standard InChI is InChI=1S/C26H25N3OSi/c1-22(26(21-27)19-12-20-29(26)2)28-30-31(23-13-6-3-7-14-23,24-15-8-4-9-16-24)25-17-10-5-11-18-25/h3-18,20H,19H2,1-2H3/b28-22+. The molecule has 1 aliphatic heterocycles. The van der Waals surface area contributed by atoms with Crippen LogP contribution in [-0.2, 0) is 4.53 Å². The smallest absolute Gasteiger partial charge is 0.380 e. The van der Waals surface area contributed by atoms with Crippen molar-refractivity contribution in [3.8, 4) is 6.07 Å². The van der Waals surface area contributed by atoms with Crippen LogP contribution in [0.2, 0.25) is 0 Å². The largest absolute Gasteiger partial charge is 0.438 e. The normalized spacial score (nSPS) is 18.6. The van der Waals surface area contributed by atoms with Crippen LogP contribution in [0.5, 0.6) is 0 Å². The van der Waals surface area contributed by atoms with Crippen molar-refractivity contribution in [1.29, 1.82) is 5.26 Å². The highest BCUT2D eigenvalue weighted by Crippen LogP contribution is 2.27. The van der Waals surface area contributed by atoms with Gasteiger partial charge in [0.15, 0.2) is 5.54 Å². The molecule has 0 spiro atoms. The quantitative estimate of drug-likeness (QED) is 0.265. The lowest BCUT2D eigenvalue weighted by Gasteiger charge is -2.33. The van der Waals surface area contributed by atoms with Crippen LogP contribution < -0.4 is 15.6 Å². The predicted molar refractivity (Wildman–Crippen MR) is 128 cm³/mol. The molecule has 0 fully saturated rings. The minimum absolute atomic E-state index is 0.593. The van der Waals surface area contributed by atoms with E-state index in [4.69, 9.17) is 4.53 Å². The van der Waals surface area contributed by atoms with E-state index in [2.05, 4.69) is 47.6 Å². The lowest BCUT2D eigenvalue weighted by Crippen LogP contribution is -2.68. The summed E-state index contributed by atoms with van der Waals surface area (Å²) in [6.45, 7) is 1.88. The van der Waals surface area contributed by atoms with Gasteiger partial charge in [0, 0.05) is 13.5 Å². The molecule has 3 aromatic carbocycles. The van der Waals surface area contributed by atoms with E-state index in [0.717, 1.165) is 15.6 Å². The number of benzene rings is 3. The highest BCUT2D eigenvalue weighted by atomic mass is 28.4. The number of hydrogen-bond donors (Lipinski definition) is 0. The Morgan fingerprint density at radius 3 is 1.71 bits per heavy atom. The molecule has 0 bridgehead atoms. The first-order valence-electron chi connectivity index (χ1n) is 10.3. The molecule has 1 unspecified atom stereocenters. The zero-order valence-electron chi connectivity index (χ0n) is 17.8. The number of nitrogens with zero attached hydrogens (tertiary/aromatic N) is 3. The first kappa shape index (κ1) is 20.6. The van der Waals surface area contributed by atoms with Gasteiger partial charge in [0.1, 0.15) is 0 Å².